The Balaban J connectivity index is 0.000000252. The van der Waals surface area contributed by atoms with Crippen LogP contribution in [0.5, 0.6) is 0 Å². The van der Waals surface area contributed by atoms with Crippen LogP contribution in [-0.4, -0.2) is 29.2 Å². The average molecular weight is 250 g/mol. The Labute approximate surface area is 83.8 Å². The molecule has 0 aromatic rings. The molecule has 1 fully saturated rings. The van der Waals surface area contributed by atoms with E-state index in [0.717, 1.165) is 0 Å². The van der Waals surface area contributed by atoms with Crippen molar-refractivity contribution in [1.82, 2.24) is 4.42 Å². The molecule has 0 aliphatic carbocycles. The van der Waals surface area contributed by atoms with Gasteiger partial charge in [-0.05, 0) is 0 Å². The SMILES string of the molecule is O=C1CCC(=O)N1Cl.O=S(=O)(O)Cl. The number of carbonyl (C=O) groups is 2. The molecule has 0 atom stereocenters. The van der Waals surface area contributed by atoms with Crippen molar-refractivity contribution in [1.29, 1.82) is 0 Å². The summed E-state index contributed by atoms with van der Waals surface area (Å²) in [6.07, 6.45) is 0.532. The maximum Gasteiger partial charge on any atom is 0.353 e. The highest BCUT2D eigenvalue weighted by Gasteiger charge is 2.26. The lowest BCUT2D eigenvalue weighted by Gasteiger charge is -1.96. The first-order chi connectivity index (χ1) is 5.72. The molecular formula is C4H5Cl2NO5S. The molecule has 13 heavy (non-hydrogen) atoms. The van der Waals surface area contributed by atoms with Gasteiger partial charge in [-0.2, -0.15) is 12.8 Å². The summed E-state index contributed by atoms with van der Waals surface area (Å²) in [4.78, 5) is 20.7. The summed E-state index contributed by atoms with van der Waals surface area (Å²) in [5.74, 6) is -0.590. The number of halogens is 2. The zero-order valence-electron chi connectivity index (χ0n) is 6.11. The van der Waals surface area contributed by atoms with E-state index in [4.69, 9.17) is 24.7 Å². The fraction of sp³-hybridized carbons (Fsp3) is 0.500. The van der Waals surface area contributed by atoms with Crippen LogP contribution >= 0.6 is 22.5 Å². The van der Waals surface area contributed by atoms with Crippen molar-refractivity contribution >= 4 is 43.6 Å². The molecule has 1 rings (SSSR count). The van der Waals surface area contributed by atoms with Gasteiger partial charge in [-0.15, -0.1) is 0 Å². The second-order valence-electron chi connectivity index (χ2n) is 1.98. The molecular weight excluding hydrogens is 245 g/mol. The van der Waals surface area contributed by atoms with E-state index >= 15 is 0 Å². The van der Waals surface area contributed by atoms with Gasteiger partial charge in [0, 0.05) is 35.3 Å². The smallest absolute Gasteiger partial charge is 0.273 e. The Kier molecular flexibility index (Phi) is 4.62. The monoisotopic (exact) mass is 249 g/mol. The van der Waals surface area contributed by atoms with Crippen LogP contribution in [0.15, 0.2) is 0 Å². The van der Waals surface area contributed by atoms with Crippen LogP contribution < -0.4 is 0 Å². The zero-order chi connectivity index (χ0) is 10.6. The minimum Gasteiger partial charge on any atom is -0.273 e. The van der Waals surface area contributed by atoms with Crippen LogP contribution in [0.4, 0.5) is 0 Å². The van der Waals surface area contributed by atoms with Crippen LogP contribution in [0.25, 0.3) is 0 Å². The second kappa shape index (κ2) is 4.75. The number of amides is 2. The molecule has 9 heteroatoms. The molecule has 0 aromatic heterocycles. The molecule has 2 amide bonds. The van der Waals surface area contributed by atoms with Gasteiger partial charge in [-0.3, -0.25) is 14.1 Å². The minimum absolute atomic E-state index is 0.266. The molecule has 1 aliphatic rings. The van der Waals surface area contributed by atoms with Gasteiger partial charge in [0.1, 0.15) is 0 Å². The van der Waals surface area contributed by atoms with Crippen LogP contribution in [0.1, 0.15) is 12.8 Å². The maximum atomic E-state index is 10.4. The van der Waals surface area contributed by atoms with Crippen molar-refractivity contribution in [2.45, 2.75) is 12.8 Å². The van der Waals surface area contributed by atoms with Gasteiger partial charge in [-0.25, -0.2) is 0 Å². The molecule has 76 valence electrons. The lowest BCUT2D eigenvalue weighted by Crippen LogP contribution is -2.16. The number of carbonyl (C=O) groups excluding carboxylic acids is 2. The third-order valence-corrected chi connectivity index (χ3v) is 1.37. The van der Waals surface area contributed by atoms with E-state index in [1.54, 1.807) is 0 Å². The highest BCUT2D eigenvalue weighted by Crippen LogP contribution is 2.12. The van der Waals surface area contributed by atoms with Gasteiger partial charge in [0.15, 0.2) is 0 Å². The summed E-state index contributed by atoms with van der Waals surface area (Å²) in [6, 6.07) is 0. The molecule has 1 aliphatic heterocycles. The van der Waals surface area contributed by atoms with Gasteiger partial charge < -0.3 is 0 Å². The molecule has 1 heterocycles. The van der Waals surface area contributed by atoms with Crippen LogP contribution in [-0.2, 0) is 18.9 Å². The lowest BCUT2D eigenvalue weighted by atomic mass is 10.4. The number of hydrogen-bond acceptors (Lipinski definition) is 4. The van der Waals surface area contributed by atoms with Crippen molar-refractivity contribution in [2.24, 2.45) is 0 Å². The van der Waals surface area contributed by atoms with Gasteiger partial charge >= 0.3 is 9.33 Å². The van der Waals surface area contributed by atoms with Crippen molar-refractivity contribution in [3.8, 4) is 0 Å². The van der Waals surface area contributed by atoms with E-state index in [1.165, 1.54) is 0 Å². The van der Waals surface area contributed by atoms with Gasteiger partial charge in [0.25, 0.3) is 0 Å². The van der Waals surface area contributed by atoms with Crippen molar-refractivity contribution < 1.29 is 22.6 Å². The second-order valence-corrected chi connectivity index (χ2v) is 4.31. The third kappa shape index (κ3) is 6.76. The molecule has 0 unspecified atom stereocenters. The van der Waals surface area contributed by atoms with Crippen LogP contribution in [0, 0.1) is 0 Å². The topological polar surface area (TPSA) is 91.8 Å². The third-order valence-electron chi connectivity index (χ3n) is 0.991. The van der Waals surface area contributed by atoms with Gasteiger partial charge in [-0.1, -0.05) is 0 Å². The Morgan fingerprint density at radius 2 is 1.46 bits per heavy atom. The maximum absolute atomic E-state index is 10.4. The van der Waals surface area contributed by atoms with Gasteiger partial charge in [0.05, 0.1) is 0 Å². The summed E-state index contributed by atoms with van der Waals surface area (Å²) >= 11 is 5.15. The number of imide groups is 1. The quantitative estimate of drug-likeness (QED) is 0.289. The Morgan fingerprint density at radius 3 is 1.54 bits per heavy atom. The normalized spacial score (nSPS) is 17.0. The predicted molar refractivity (Wildman–Crippen MR) is 44.3 cm³/mol. The molecule has 0 spiro atoms. The van der Waals surface area contributed by atoms with Crippen molar-refractivity contribution in [3.05, 3.63) is 0 Å². The Bertz CT molecular complexity index is 288. The molecule has 0 saturated carbocycles. The molecule has 0 radical (unpaired) electrons. The molecule has 1 saturated heterocycles. The minimum atomic E-state index is -4.19. The summed E-state index contributed by atoms with van der Waals surface area (Å²) in [5.41, 5.74) is 0. The summed E-state index contributed by atoms with van der Waals surface area (Å²) < 4.78 is 25.8. The number of rotatable bonds is 0. The fourth-order valence-electron chi connectivity index (χ4n) is 0.549. The lowest BCUT2D eigenvalue weighted by molar-refractivity contribution is -0.132. The van der Waals surface area contributed by atoms with Crippen molar-refractivity contribution in [2.75, 3.05) is 0 Å². The zero-order valence-corrected chi connectivity index (χ0v) is 8.43. The molecule has 1 N–H and O–H groups in total. The average Bonchev–Trinajstić information content (AvgIpc) is 2.16. The largest absolute Gasteiger partial charge is 0.353 e. The van der Waals surface area contributed by atoms with E-state index in [0.29, 0.717) is 4.42 Å². The Hall–Kier alpha value is -0.370. The Morgan fingerprint density at radius 1 is 1.23 bits per heavy atom. The first-order valence-corrected chi connectivity index (χ1v) is 5.51. The number of hydrogen-bond donors (Lipinski definition) is 1. The summed E-state index contributed by atoms with van der Waals surface area (Å²) in [7, 11) is -0.137. The summed E-state index contributed by atoms with van der Waals surface area (Å²) in [6.45, 7) is 0. The molecule has 0 bridgehead atoms. The molecule has 0 aromatic carbocycles. The van der Waals surface area contributed by atoms with E-state index in [2.05, 4.69) is 10.7 Å². The van der Waals surface area contributed by atoms with E-state index < -0.39 is 9.33 Å². The predicted octanol–water partition coefficient (Wildman–Crippen LogP) is 0.317. The van der Waals surface area contributed by atoms with E-state index in [1.807, 2.05) is 0 Å². The van der Waals surface area contributed by atoms with Crippen LogP contribution in [0.3, 0.4) is 0 Å². The highest BCUT2D eigenvalue weighted by atomic mass is 35.7. The standard InChI is InChI=1S/C4H4ClNO2.ClHO3S/c5-6-3(7)1-2-4(6)8;1-5(2,3)4/h1-2H2;(H,2,3,4). The number of nitrogens with zero attached hydrogens (tertiary/aromatic N) is 1. The first kappa shape index (κ1) is 12.6. The van der Waals surface area contributed by atoms with Gasteiger partial charge in [0.2, 0.25) is 11.8 Å². The van der Waals surface area contributed by atoms with E-state index in [9.17, 15) is 9.59 Å². The summed E-state index contributed by atoms with van der Waals surface area (Å²) in [5, 5.41) is 0. The van der Waals surface area contributed by atoms with E-state index in [-0.39, 0.29) is 24.7 Å². The van der Waals surface area contributed by atoms with Crippen LogP contribution in [0.2, 0.25) is 0 Å². The van der Waals surface area contributed by atoms with Crippen molar-refractivity contribution in [3.63, 3.8) is 0 Å². The molecule has 6 nitrogen and oxygen atoms in total. The fourth-order valence-corrected chi connectivity index (χ4v) is 0.718. The highest BCUT2D eigenvalue weighted by molar-refractivity contribution is 8.09. The first-order valence-electron chi connectivity index (χ1n) is 2.90.